The Balaban J connectivity index is 2.45. The van der Waals surface area contributed by atoms with Crippen LogP contribution < -0.4 is 0 Å². The number of hydrogen-bond donors (Lipinski definition) is 4. The van der Waals surface area contributed by atoms with Gasteiger partial charge in [0.2, 0.25) is 0 Å². The van der Waals surface area contributed by atoms with Crippen molar-refractivity contribution in [2.75, 3.05) is 19.0 Å². The van der Waals surface area contributed by atoms with Crippen LogP contribution in [-0.2, 0) is 38.7 Å². The van der Waals surface area contributed by atoms with E-state index in [1.54, 1.807) is 0 Å². The highest BCUT2D eigenvalue weighted by molar-refractivity contribution is 7.85. The SMILES string of the molecule is CCCCCCCCC/C=C/C/C=C/C/C=C/C/C=C/CCCC(=O)OC[C@H](CO[C@H]1O[C@H](CS(=O)(=O)O)[C@@H](O)C(O)C1O)OC(=O)CCCCC/C=C/CCCCCCCCCC. The molecule has 0 radical (unpaired) electrons. The first-order valence-corrected chi connectivity index (χ1v) is 26.5. The molecule has 1 rings (SSSR count). The van der Waals surface area contributed by atoms with Crippen LogP contribution in [0.5, 0.6) is 0 Å². The maximum atomic E-state index is 12.8. The summed E-state index contributed by atoms with van der Waals surface area (Å²) in [7, 11) is -4.61. The van der Waals surface area contributed by atoms with Crippen LogP contribution in [0.4, 0.5) is 0 Å². The molecule has 4 N–H and O–H groups in total. The lowest BCUT2D eigenvalue weighted by atomic mass is 10.00. The average molecular weight is 925 g/mol. The fraction of sp³-hybridized carbons (Fsp3) is 0.765. The van der Waals surface area contributed by atoms with Crippen LogP contribution in [0.1, 0.15) is 194 Å². The molecular weight excluding hydrogens is 837 g/mol. The minimum Gasteiger partial charge on any atom is -0.462 e. The number of aliphatic hydroxyl groups is 3. The summed E-state index contributed by atoms with van der Waals surface area (Å²) < 4.78 is 54.1. The molecule has 0 aromatic heterocycles. The molecule has 370 valence electrons. The van der Waals surface area contributed by atoms with Gasteiger partial charge >= 0.3 is 11.9 Å². The van der Waals surface area contributed by atoms with Crippen molar-refractivity contribution in [1.82, 2.24) is 0 Å². The second kappa shape index (κ2) is 40.6. The first-order chi connectivity index (χ1) is 31.0. The first kappa shape index (κ1) is 59.4. The highest BCUT2D eigenvalue weighted by Gasteiger charge is 2.46. The number of esters is 2. The molecule has 1 aliphatic rings. The van der Waals surface area contributed by atoms with Crippen molar-refractivity contribution in [3.05, 3.63) is 60.8 Å². The Labute approximate surface area is 387 Å². The van der Waals surface area contributed by atoms with Crippen LogP contribution in [0.25, 0.3) is 0 Å². The average Bonchev–Trinajstić information content (AvgIpc) is 3.26. The number of carbonyl (C=O) groups is 2. The summed E-state index contributed by atoms with van der Waals surface area (Å²) in [5.74, 6) is -2.08. The van der Waals surface area contributed by atoms with Crippen molar-refractivity contribution in [1.29, 1.82) is 0 Å². The van der Waals surface area contributed by atoms with E-state index in [0.717, 1.165) is 51.4 Å². The van der Waals surface area contributed by atoms with Gasteiger partial charge in [-0.2, -0.15) is 8.42 Å². The second-order valence-corrected chi connectivity index (χ2v) is 18.6. The number of unbranched alkanes of at least 4 members (excludes halogenated alkanes) is 19. The molecule has 0 aromatic rings. The Hall–Kier alpha value is -2.65. The quantitative estimate of drug-likeness (QED) is 0.0197. The maximum absolute atomic E-state index is 12.8. The third-order valence-electron chi connectivity index (χ3n) is 11.1. The lowest BCUT2D eigenvalue weighted by Gasteiger charge is -2.40. The molecule has 6 atom stereocenters. The van der Waals surface area contributed by atoms with E-state index in [-0.39, 0.29) is 19.4 Å². The fourth-order valence-corrected chi connectivity index (χ4v) is 7.88. The number of rotatable bonds is 41. The van der Waals surface area contributed by atoms with Crippen LogP contribution in [0.3, 0.4) is 0 Å². The summed E-state index contributed by atoms with van der Waals surface area (Å²) in [6.45, 7) is 3.70. The lowest BCUT2D eigenvalue weighted by molar-refractivity contribution is -0.297. The number of carbonyl (C=O) groups excluding carboxylic acids is 2. The zero-order valence-electron chi connectivity index (χ0n) is 39.6. The van der Waals surface area contributed by atoms with Crippen molar-refractivity contribution in [3.8, 4) is 0 Å². The second-order valence-electron chi connectivity index (χ2n) is 17.1. The molecule has 1 aliphatic heterocycles. The molecule has 64 heavy (non-hydrogen) atoms. The van der Waals surface area contributed by atoms with Gasteiger partial charge in [-0.3, -0.25) is 14.1 Å². The van der Waals surface area contributed by atoms with E-state index in [2.05, 4.69) is 68.5 Å². The standard InChI is InChI=1S/C51H88O12S/c1-3-5-7-9-11-13-15-17-19-20-21-22-23-24-26-27-29-31-33-35-37-39-46(52)60-41-44(42-61-51-50(56)49(55)48(54)45(63-51)43-64(57,58)59)62-47(53)40-38-36-34-32-30-28-25-18-16-14-12-10-8-6-4-2/h19-20,22-23,26-28,30-31,33,44-45,48-51,54-56H,3-18,21,24-25,29,32,34-43H2,1-2H3,(H,57,58,59)/b20-19+,23-22+,27-26+,30-28+,33-31+/t44-,45-,48-,49?,50?,51+/m1/s1. The zero-order chi connectivity index (χ0) is 46.9. The topological polar surface area (TPSA) is 186 Å². The third-order valence-corrected chi connectivity index (χ3v) is 11.8. The number of aliphatic hydroxyl groups excluding tert-OH is 3. The van der Waals surface area contributed by atoms with E-state index in [4.69, 9.17) is 18.9 Å². The largest absolute Gasteiger partial charge is 0.462 e. The summed E-state index contributed by atoms with van der Waals surface area (Å²) in [5, 5.41) is 30.9. The van der Waals surface area contributed by atoms with Crippen molar-refractivity contribution in [2.24, 2.45) is 0 Å². The van der Waals surface area contributed by atoms with Gasteiger partial charge in [-0.25, -0.2) is 0 Å². The zero-order valence-corrected chi connectivity index (χ0v) is 40.4. The summed E-state index contributed by atoms with van der Waals surface area (Å²) in [6, 6.07) is 0. The Morgan fingerprint density at radius 3 is 1.45 bits per heavy atom. The maximum Gasteiger partial charge on any atom is 0.306 e. The molecule has 0 aliphatic carbocycles. The highest BCUT2D eigenvalue weighted by atomic mass is 32.2. The Kier molecular flexibility index (Phi) is 37.7. The Morgan fingerprint density at radius 2 is 0.953 bits per heavy atom. The minimum absolute atomic E-state index is 0.131. The first-order valence-electron chi connectivity index (χ1n) is 24.8. The van der Waals surface area contributed by atoms with Gasteiger partial charge in [0.15, 0.2) is 12.4 Å². The Morgan fingerprint density at radius 1 is 0.531 bits per heavy atom. The van der Waals surface area contributed by atoms with Crippen LogP contribution in [0.15, 0.2) is 60.8 Å². The molecule has 1 saturated heterocycles. The molecule has 0 aromatic carbocycles. The van der Waals surface area contributed by atoms with Crippen molar-refractivity contribution < 1.29 is 56.8 Å². The minimum atomic E-state index is -4.61. The van der Waals surface area contributed by atoms with Gasteiger partial charge in [-0.05, 0) is 77.0 Å². The molecule has 0 bridgehead atoms. The number of hydrogen-bond acceptors (Lipinski definition) is 11. The fourth-order valence-electron chi connectivity index (χ4n) is 7.19. The monoisotopic (exact) mass is 925 g/mol. The molecule has 2 unspecified atom stereocenters. The van der Waals surface area contributed by atoms with E-state index in [9.17, 15) is 37.9 Å². The van der Waals surface area contributed by atoms with E-state index < -0.39 is 71.2 Å². The molecule has 1 heterocycles. The van der Waals surface area contributed by atoms with Gasteiger partial charge in [0.05, 0.1) is 6.61 Å². The molecule has 0 saturated carbocycles. The number of ether oxygens (including phenoxy) is 4. The highest BCUT2D eigenvalue weighted by Crippen LogP contribution is 2.24. The van der Waals surface area contributed by atoms with Gasteiger partial charge in [-0.1, -0.05) is 164 Å². The normalized spacial score (nSPS) is 20.1. The van der Waals surface area contributed by atoms with Gasteiger partial charge in [0.25, 0.3) is 10.1 Å². The molecule has 12 nitrogen and oxygen atoms in total. The molecule has 1 fully saturated rings. The van der Waals surface area contributed by atoms with Gasteiger partial charge < -0.3 is 34.3 Å². The van der Waals surface area contributed by atoms with Gasteiger partial charge in [0.1, 0.15) is 36.8 Å². The predicted octanol–water partition coefficient (Wildman–Crippen LogP) is 10.9. The predicted molar refractivity (Wildman–Crippen MR) is 256 cm³/mol. The van der Waals surface area contributed by atoms with Crippen molar-refractivity contribution in [3.63, 3.8) is 0 Å². The van der Waals surface area contributed by atoms with Crippen LogP contribution in [0, 0.1) is 0 Å². The van der Waals surface area contributed by atoms with Gasteiger partial charge in [0, 0.05) is 12.8 Å². The molecular formula is C51H88O12S. The van der Waals surface area contributed by atoms with Crippen LogP contribution in [0.2, 0.25) is 0 Å². The third kappa shape index (κ3) is 34.7. The van der Waals surface area contributed by atoms with Gasteiger partial charge in [-0.15, -0.1) is 0 Å². The van der Waals surface area contributed by atoms with Crippen LogP contribution >= 0.6 is 0 Å². The van der Waals surface area contributed by atoms with E-state index >= 15 is 0 Å². The summed E-state index contributed by atoms with van der Waals surface area (Å²) in [4.78, 5) is 25.4. The summed E-state index contributed by atoms with van der Waals surface area (Å²) >= 11 is 0. The van der Waals surface area contributed by atoms with E-state index in [1.165, 1.54) is 96.3 Å². The summed E-state index contributed by atoms with van der Waals surface area (Å²) in [5.41, 5.74) is 0. The molecule has 0 amide bonds. The summed E-state index contributed by atoms with van der Waals surface area (Å²) in [6.07, 6.45) is 41.3. The van der Waals surface area contributed by atoms with E-state index in [1.807, 2.05) is 6.08 Å². The Bertz CT molecular complexity index is 1410. The molecule has 0 spiro atoms. The van der Waals surface area contributed by atoms with Crippen LogP contribution in [-0.4, -0.2) is 96.0 Å². The van der Waals surface area contributed by atoms with Crippen molar-refractivity contribution in [2.45, 2.75) is 230 Å². The van der Waals surface area contributed by atoms with Crippen molar-refractivity contribution >= 4 is 22.1 Å². The number of allylic oxidation sites excluding steroid dienone is 10. The lowest BCUT2D eigenvalue weighted by Crippen LogP contribution is -2.60. The van der Waals surface area contributed by atoms with E-state index in [0.29, 0.717) is 19.3 Å². The smallest absolute Gasteiger partial charge is 0.306 e. The molecule has 13 heteroatoms.